The van der Waals surface area contributed by atoms with Gasteiger partial charge in [-0.25, -0.2) is 4.98 Å². The van der Waals surface area contributed by atoms with E-state index in [-0.39, 0.29) is 17.8 Å². The molecule has 1 aliphatic heterocycles. The summed E-state index contributed by atoms with van der Waals surface area (Å²) < 4.78 is 0. The van der Waals surface area contributed by atoms with E-state index in [1.807, 2.05) is 0 Å². The van der Waals surface area contributed by atoms with Crippen LogP contribution < -0.4 is 21.7 Å². The Labute approximate surface area is 132 Å². The number of hydrogen-bond acceptors (Lipinski definition) is 7. The van der Waals surface area contributed by atoms with E-state index in [2.05, 4.69) is 21.1 Å². The van der Waals surface area contributed by atoms with Crippen LogP contribution in [0.5, 0.6) is 0 Å². The zero-order valence-corrected chi connectivity index (χ0v) is 13.3. The Bertz CT molecular complexity index is 539. The van der Waals surface area contributed by atoms with Crippen LogP contribution in [0.3, 0.4) is 0 Å². The minimum atomic E-state index is -0.180. The summed E-state index contributed by atoms with van der Waals surface area (Å²) >= 11 is 2.92. The predicted molar refractivity (Wildman–Crippen MR) is 89.8 cm³/mol. The van der Waals surface area contributed by atoms with Gasteiger partial charge >= 0.3 is 0 Å². The summed E-state index contributed by atoms with van der Waals surface area (Å²) in [7, 11) is 0. The first-order valence-electron chi connectivity index (χ1n) is 6.68. The van der Waals surface area contributed by atoms with E-state index in [0.717, 1.165) is 30.4 Å². The summed E-state index contributed by atoms with van der Waals surface area (Å²) in [5.41, 5.74) is 11.7. The predicted octanol–water partition coefficient (Wildman–Crippen LogP) is 0.359. The minimum Gasteiger partial charge on any atom is -0.382 e. The smallest absolute Gasteiger partial charge is 0.265 e. The Kier molecular flexibility index (Phi) is 5.73. The lowest BCUT2D eigenvalue weighted by Gasteiger charge is -2.12. The molecule has 114 valence electrons. The number of carbonyl (C=O) groups is 1. The first-order valence-corrected chi connectivity index (χ1v) is 8.65. The van der Waals surface area contributed by atoms with Gasteiger partial charge in [0.2, 0.25) is 0 Å². The summed E-state index contributed by atoms with van der Waals surface area (Å²) in [6.45, 7) is 2.18. The average Bonchev–Trinajstić information content (AvgIpc) is 3.04. The highest BCUT2D eigenvalue weighted by Gasteiger charge is 2.24. The molecule has 0 bridgehead atoms. The molecule has 8 heteroatoms. The Balaban J connectivity index is 1.89. The van der Waals surface area contributed by atoms with E-state index in [1.54, 1.807) is 11.8 Å². The number of nitrogens with zero attached hydrogens (tertiary/aromatic N) is 2. The van der Waals surface area contributed by atoms with E-state index in [4.69, 9.17) is 17.9 Å². The standard InChI is InChI=1S/C13H19N5OS2/c1-2-6-20-7-4-16-12(19)10-11(15)17-13(21-10)18-5-3-9(14)8-18/h1,9H,3-8,14-15H2,(H,16,19). The lowest BCUT2D eigenvalue weighted by Crippen LogP contribution is -2.26. The second kappa shape index (κ2) is 7.54. The number of thioether (sulfide) groups is 1. The van der Waals surface area contributed by atoms with Crippen LogP contribution in [-0.2, 0) is 0 Å². The van der Waals surface area contributed by atoms with Gasteiger partial charge < -0.3 is 21.7 Å². The van der Waals surface area contributed by atoms with Gasteiger partial charge in [-0.1, -0.05) is 17.3 Å². The van der Waals surface area contributed by atoms with E-state index >= 15 is 0 Å². The maximum Gasteiger partial charge on any atom is 0.265 e. The van der Waals surface area contributed by atoms with Gasteiger partial charge in [0.25, 0.3) is 5.91 Å². The second-order valence-electron chi connectivity index (χ2n) is 4.72. The van der Waals surface area contributed by atoms with Crippen LogP contribution in [0.4, 0.5) is 10.9 Å². The summed E-state index contributed by atoms with van der Waals surface area (Å²) in [5.74, 6) is 4.07. The van der Waals surface area contributed by atoms with Crippen LogP contribution in [0.1, 0.15) is 16.1 Å². The summed E-state index contributed by atoms with van der Waals surface area (Å²) in [6, 6.07) is 0.167. The van der Waals surface area contributed by atoms with Gasteiger partial charge in [-0.15, -0.1) is 18.2 Å². The highest BCUT2D eigenvalue weighted by molar-refractivity contribution is 7.99. The SMILES string of the molecule is C#CCSCCNC(=O)c1sc(N2CCC(N)C2)nc1N. The molecule has 21 heavy (non-hydrogen) atoms. The third kappa shape index (κ3) is 4.27. The molecule has 0 aliphatic carbocycles. The Morgan fingerprint density at radius 1 is 1.67 bits per heavy atom. The largest absolute Gasteiger partial charge is 0.382 e. The summed E-state index contributed by atoms with van der Waals surface area (Å²) in [5, 5.41) is 3.60. The lowest BCUT2D eigenvalue weighted by molar-refractivity contribution is 0.0961. The second-order valence-corrected chi connectivity index (χ2v) is 6.80. The molecule has 1 fully saturated rings. The maximum absolute atomic E-state index is 12.1. The molecule has 0 aromatic carbocycles. The highest BCUT2D eigenvalue weighted by atomic mass is 32.2. The van der Waals surface area contributed by atoms with Crippen molar-refractivity contribution in [3.63, 3.8) is 0 Å². The Morgan fingerprint density at radius 3 is 3.14 bits per heavy atom. The topological polar surface area (TPSA) is 97.3 Å². The fourth-order valence-electron chi connectivity index (χ4n) is 2.03. The molecule has 1 aromatic rings. The van der Waals surface area contributed by atoms with E-state index in [9.17, 15) is 4.79 Å². The fraction of sp³-hybridized carbons (Fsp3) is 0.538. The van der Waals surface area contributed by atoms with Crippen LogP contribution in [0.25, 0.3) is 0 Å². The third-order valence-corrected chi connectivity index (χ3v) is 5.06. The molecule has 0 radical (unpaired) electrons. The number of rotatable bonds is 6. The molecule has 6 nitrogen and oxygen atoms in total. The quantitative estimate of drug-likeness (QED) is 0.516. The van der Waals surface area contributed by atoms with Crippen LogP contribution in [0.2, 0.25) is 0 Å². The number of aromatic nitrogens is 1. The van der Waals surface area contributed by atoms with E-state index in [0.29, 0.717) is 17.2 Å². The van der Waals surface area contributed by atoms with Crippen molar-refractivity contribution in [3.8, 4) is 12.3 Å². The number of nitrogens with two attached hydrogens (primary N) is 2. The van der Waals surface area contributed by atoms with E-state index < -0.39 is 0 Å². The molecule has 1 amide bonds. The number of amides is 1. The minimum absolute atomic E-state index is 0.167. The van der Waals surface area contributed by atoms with Crippen LogP contribution in [0.15, 0.2) is 0 Å². The van der Waals surface area contributed by atoms with Gasteiger partial charge in [-0.2, -0.15) is 0 Å². The van der Waals surface area contributed by atoms with Crippen molar-refractivity contribution < 1.29 is 4.79 Å². The molecule has 1 aliphatic rings. The lowest BCUT2D eigenvalue weighted by atomic mass is 10.3. The first kappa shape index (κ1) is 15.9. The van der Waals surface area contributed by atoms with Gasteiger partial charge in [0.15, 0.2) is 5.13 Å². The number of nitrogens with one attached hydrogen (secondary N) is 1. The normalized spacial score (nSPS) is 17.7. The van der Waals surface area contributed by atoms with Crippen LogP contribution in [0, 0.1) is 12.3 Å². The van der Waals surface area contributed by atoms with Crippen molar-refractivity contribution in [2.75, 3.05) is 41.8 Å². The average molecular weight is 325 g/mol. The van der Waals surface area contributed by atoms with Gasteiger partial charge in [0.05, 0.1) is 5.75 Å². The number of terminal acetylenes is 1. The van der Waals surface area contributed by atoms with Gasteiger partial charge in [-0.05, 0) is 6.42 Å². The monoisotopic (exact) mass is 325 g/mol. The van der Waals surface area contributed by atoms with Crippen LogP contribution >= 0.6 is 23.1 Å². The molecule has 5 N–H and O–H groups in total. The number of thiazole rings is 1. The zero-order chi connectivity index (χ0) is 15.2. The molecule has 2 rings (SSSR count). The van der Waals surface area contributed by atoms with Crippen molar-refractivity contribution >= 4 is 40.0 Å². The van der Waals surface area contributed by atoms with Crippen molar-refractivity contribution in [3.05, 3.63) is 4.88 Å². The summed E-state index contributed by atoms with van der Waals surface area (Å²) in [6.07, 6.45) is 6.10. The number of carbonyl (C=O) groups excluding carboxylic acids is 1. The Morgan fingerprint density at radius 2 is 2.48 bits per heavy atom. The molecule has 1 atom stereocenters. The highest BCUT2D eigenvalue weighted by Crippen LogP contribution is 2.30. The van der Waals surface area contributed by atoms with Gasteiger partial charge in [0.1, 0.15) is 10.7 Å². The summed E-state index contributed by atoms with van der Waals surface area (Å²) in [4.78, 5) is 18.9. The Hall–Kier alpha value is -1.43. The van der Waals surface area contributed by atoms with Crippen molar-refractivity contribution in [2.24, 2.45) is 5.73 Å². The molecule has 0 spiro atoms. The first-order chi connectivity index (χ1) is 10.1. The number of hydrogen-bond donors (Lipinski definition) is 3. The molecule has 1 saturated heterocycles. The molecular formula is C13H19N5OS2. The van der Waals surface area contributed by atoms with E-state index in [1.165, 1.54) is 11.3 Å². The maximum atomic E-state index is 12.1. The van der Waals surface area contributed by atoms with Crippen molar-refractivity contribution in [1.82, 2.24) is 10.3 Å². The van der Waals surface area contributed by atoms with Crippen molar-refractivity contribution in [2.45, 2.75) is 12.5 Å². The molecular weight excluding hydrogens is 306 g/mol. The van der Waals surface area contributed by atoms with Crippen molar-refractivity contribution in [1.29, 1.82) is 0 Å². The molecule has 2 heterocycles. The molecule has 1 unspecified atom stereocenters. The zero-order valence-electron chi connectivity index (χ0n) is 11.7. The third-order valence-electron chi connectivity index (χ3n) is 3.06. The fourth-order valence-corrected chi connectivity index (χ4v) is 3.47. The van der Waals surface area contributed by atoms with Crippen LogP contribution in [-0.4, -0.2) is 48.1 Å². The molecule has 1 aromatic heterocycles. The van der Waals surface area contributed by atoms with Gasteiger partial charge in [-0.3, -0.25) is 4.79 Å². The van der Waals surface area contributed by atoms with Gasteiger partial charge in [0, 0.05) is 31.4 Å². The number of nitrogen functional groups attached to an aromatic ring is 1. The number of anilines is 2. The molecule has 0 saturated carbocycles.